The summed E-state index contributed by atoms with van der Waals surface area (Å²) in [4.78, 5) is 23.1. The van der Waals surface area contributed by atoms with E-state index in [9.17, 15) is 9.59 Å². The van der Waals surface area contributed by atoms with Crippen molar-refractivity contribution in [2.45, 2.75) is 26.3 Å². The molecule has 0 spiro atoms. The molecule has 1 aromatic rings. The molecule has 0 heterocycles. The summed E-state index contributed by atoms with van der Waals surface area (Å²) < 4.78 is 0. The molecule has 1 atom stereocenters. The molecule has 0 saturated heterocycles. The topological polar surface area (TPSA) is 66.4 Å². The number of aliphatic carboxylic acids is 1. The standard InChI is InChI=1S/C14H19NO3S/c1-9-4-5-11(8-10(9)2)13(16)15-12(14(17)18)6-7-19-3/h4-5,8,12H,6-7H2,1-3H3,(H,15,16)(H,17,18)/t12-/m0/s1. The molecule has 0 aliphatic carbocycles. The molecule has 0 radical (unpaired) electrons. The van der Waals surface area contributed by atoms with Gasteiger partial charge in [-0.1, -0.05) is 6.07 Å². The number of benzene rings is 1. The highest BCUT2D eigenvalue weighted by atomic mass is 32.2. The van der Waals surface area contributed by atoms with E-state index in [1.807, 2.05) is 26.2 Å². The third kappa shape index (κ3) is 4.59. The van der Waals surface area contributed by atoms with E-state index in [1.165, 1.54) is 0 Å². The summed E-state index contributed by atoms with van der Waals surface area (Å²) in [6.45, 7) is 3.89. The molecule has 0 aliphatic rings. The minimum Gasteiger partial charge on any atom is -0.480 e. The van der Waals surface area contributed by atoms with Gasteiger partial charge < -0.3 is 10.4 Å². The number of carbonyl (C=O) groups is 2. The smallest absolute Gasteiger partial charge is 0.326 e. The number of rotatable bonds is 6. The van der Waals surface area contributed by atoms with Gasteiger partial charge in [-0.15, -0.1) is 0 Å². The van der Waals surface area contributed by atoms with Crippen molar-refractivity contribution in [3.63, 3.8) is 0 Å². The normalized spacial score (nSPS) is 11.9. The SMILES string of the molecule is CSCC[C@H](NC(=O)c1ccc(C)c(C)c1)C(=O)O. The molecular formula is C14H19NO3S. The van der Waals surface area contributed by atoms with Gasteiger partial charge in [0.25, 0.3) is 5.91 Å². The Morgan fingerprint density at radius 1 is 1.32 bits per heavy atom. The van der Waals surface area contributed by atoms with Gasteiger partial charge in [0.15, 0.2) is 0 Å². The van der Waals surface area contributed by atoms with E-state index in [-0.39, 0.29) is 5.91 Å². The van der Waals surface area contributed by atoms with Crippen molar-refractivity contribution >= 4 is 23.6 Å². The van der Waals surface area contributed by atoms with Crippen LogP contribution in [0, 0.1) is 13.8 Å². The van der Waals surface area contributed by atoms with E-state index in [2.05, 4.69) is 5.32 Å². The number of thioether (sulfide) groups is 1. The van der Waals surface area contributed by atoms with Gasteiger partial charge in [-0.25, -0.2) is 4.79 Å². The van der Waals surface area contributed by atoms with Gasteiger partial charge >= 0.3 is 5.97 Å². The fraction of sp³-hybridized carbons (Fsp3) is 0.429. The summed E-state index contributed by atoms with van der Waals surface area (Å²) >= 11 is 1.56. The minimum atomic E-state index is -0.994. The van der Waals surface area contributed by atoms with E-state index in [4.69, 9.17) is 5.11 Å². The molecule has 1 rings (SSSR count). The molecule has 0 saturated carbocycles. The Hall–Kier alpha value is -1.49. The van der Waals surface area contributed by atoms with Crippen molar-refractivity contribution in [3.05, 3.63) is 34.9 Å². The Balaban J connectivity index is 2.75. The number of carboxylic acid groups (broad SMARTS) is 1. The van der Waals surface area contributed by atoms with Gasteiger partial charge in [0.2, 0.25) is 0 Å². The second kappa shape index (κ2) is 7.19. The molecular weight excluding hydrogens is 262 g/mol. The lowest BCUT2D eigenvalue weighted by Gasteiger charge is -2.14. The first-order valence-electron chi connectivity index (χ1n) is 6.05. The molecule has 0 aliphatic heterocycles. The van der Waals surface area contributed by atoms with Gasteiger partial charge in [-0.3, -0.25) is 4.79 Å². The second-order valence-electron chi connectivity index (χ2n) is 4.44. The summed E-state index contributed by atoms with van der Waals surface area (Å²) in [7, 11) is 0. The number of carbonyl (C=O) groups excluding carboxylic acids is 1. The zero-order valence-electron chi connectivity index (χ0n) is 11.4. The van der Waals surface area contributed by atoms with Crippen LogP contribution in [-0.2, 0) is 4.79 Å². The number of carboxylic acids is 1. The van der Waals surface area contributed by atoms with Crippen LogP contribution in [0.1, 0.15) is 27.9 Å². The number of hydrogen-bond donors (Lipinski definition) is 2. The van der Waals surface area contributed by atoms with Crippen molar-refractivity contribution in [2.24, 2.45) is 0 Å². The van der Waals surface area contributed by atoms with Crippen molar-refractivity contribution in [2.75, 3.05) is 12.0 Å². The van der Waals surface area contributed by atoms with Crippen LogP contribution in [0.3, 0.4) is 0 Å². The van der Waals surface area contributed by atoms with Crippen LogP contribution in [0.2, 0.25) is 0 Å². The van der Waals surface area contributed by atoms with Crippen LogP contribution in [0.15, 0.2) is 18.2 Å². The lowest BCUT2D eigenvalue weighted by molar-refractivity contribution is -0.139. The zero-order chi connectivity index (χ0) is 14.4. The molecule has 4 nitrogen and oxygen atoms in total. The van der Waals surface area contributed by atoms with Crippen LogP contribution < -0.4 is 5.32 Å². The minimum absolute atomic E-state index is 0.336. The predicted molar refractivity (Wildman–Crippen MR) is 77.8 cm³/mol. The molecule has 2 N–H and O–H groups in total. The van der Waals surface area contributed by atoms with Crippen molar-refractivity contribution < 1.29 is 14.7 Å². The fourth-order valence-corrected chi connectivity index (χ4v) is 2.09. The molecule has 19 heavy (non-hydrogen) atoms. The van der Waals surface area contributed by atoms with Gasteiger partial charge in [-0.2, -0.15) is 11.8 Å². The van der Waals surface area contributed by atoms with Gasteiger partial charge in [-0.05, 0) is 55.5 Å². The van der Waals surface area contributed by atoms with Crippen LogP contribution in [0.5, 0.6) is 0 Å². The van der Waals surface area contributed by atoms with E-state index in [1.54, 1.807) is 23.9 Å². The Bertz CT molecular complexity index is 474. The molecule has 5 heteroatoms. The lowest BCUT2D eigenvalue weighted by Crippen LogP contribution is -2.41. The molecule has 1 aromatic carbocycles. The first-order chi connectivity index (χ1) is 8.95. The van der Waals surface area contributed by atoms with Gasteiger partial charge in [0.05, 0.1) is 0 Å². The van der Waals surface area contributed by atoms with Gasteiger partial charge in [0.1, 0.15) is 6.04 Å². The summed E-state index contributed by atoms with van der Waals surface area (Å²) in [5.74, 6) is -0.632. The second-order valence-corrected chi connectivity index (χ2v) is 5.43. The first-order valence-corrected chi connectivity index (χ1v) is 7.45. The zero-order valence-corrected chi connectivity index (χ0v) is 12.2. The summed E-state index contributed by atoms with van der Waals surface area (Å²) in [5, 5.41) is 11.6. The monoisotopic (exact) mass is 281 g/mol. The summed E-state index contributed by atoms with van der Waals surface area (Å²) in [6, 6.07) is 4.52. The quantitative estimate of drug-likeness (QED) is 0.839. The summed E-state index contributed by atoms with van der Waals surface area (Å²) in [6.07, 6.45) is 2.33. The molecule has 0 unspecified atom stereocenters. The van der Waals surface area contributed by atoms with Crippen LogP contribution in [0.25, 0.3) is 0 Å². The van der Waals surface area contributed by atoms with Crippen LogP contribution in [0.4, 0.5) is 0 Å². The number of aryl methyl sites for hydroxylation is 2. The van der Waals surface area contributed by atoms with E-state index in [0.29, 0.717) is 17.7 Å². The lowest BCUT2D eigenvalue weighted by atomic mass is 10.1. The maximum Gasteiger partial charge on any atom is 0.326 e. The number of hydrogen-bond acceptors (Lipinski definition) is 3. The predicted octanol–water partition coefficient (Wildman–Crippen LogP) is 2.24. The van der Waals surface area contributed by atoms with Crippen LogP contribution >= 0.6 is 11.8 Å². The Morgan fingerprint density at radius 2 is 2.00 bits per heavy atom. The van der Waals surface area contributed by atoms with E-state index >= 15 is 0 Å². The molecule has 0 aromatic heterocycles. The third-order valence-electron chi connectivity index (χ3n) is 2.98. The highest BCUT2D eigenvalue weighted by Gasteiger charge is 2.20. The van der Waals surface area contributed by atoms with Crippen molar-refractivity contribution in [1.29, 1.82) is 0 Å². The Labute approximate surface area is 117 Å². The fourth-order valence-electron chi connectivity index (χ4n) is 1.62. The Morgan fingerprint density at radius 3 is 2.53 bits per heavy atom. The highest BCUT2D eigenvalue weighted by Crippen LogP contribution is 2.10. The number of amides is 1. The summed E-state index contributed by atoms with van der Waals surface area (Å²) in [5.41, 5.74) is 2.62. The average molecular weight is 281 g/mol. The molecule has 0 bridgehead atoms. The molecule has 1 amide bonds. The van der Waals surface area contributed by atoms with Crippen LogP contribution in [-0.4, -0.2) is 35.0 Å². The van der Waals surface area contributed by atoms with Crippen molar-refractivity contribution in [1.82, 2.24) is 5.32 Å². The van der Waals surface area contributed by atoms with E-state index < -0.39 is 12.0 Å². The maximum absolute atomic E-state index is 12.0. The largest absolute Gasteiger partial charge is 0.480 e. The molecule has 0 fully saturated rings. The first kappa shape index (κ1) is 15.6. The maximum atomic E-state index is 12.0. The van der Waals surface area contributed by atoms with Gasteiger partial charge in [0, 0.05) is 5.56 Å². The Kier molecular flexibility index (Phi) is 5.89. The third-order valence-corrected chi connectivity index (χ3v) is 3.63. The van der Waals surface area contributed by atoms with Crippen molar-refractivity contribution in [3.8, 4) is 0 Å². The molecule has 104 valence electrons. The number of nitrogens with one attached hydrogen (secondary N) is 1. The average Bonchev–Trinajstić information content (AvgIpc) is 2.37. The highest BCUT2D eigenvalue weighted by molar-refractivity contribution is 7.98. The van der Waals surface area contributed by atoms with E-state index in [0.717, 1.165) is 11.1 Å².